The molecule has 2 atom stereocenters. The van der Waals surface area contributed by atoms with Gasteiger partial charge < -0.3 is 10.1 Å². The first kappa shape index (κ1) is 12.6. The van der Waals surface area contributed by atoms with Crippen molar-refractivity contribution in [2.75, 3.05) is 33.4 Å². The molecular weight excluding hydrogens is 212 g/mol. The first-order valence-corrected chi connectivity index (χ1v) is 6.33. The van der Waals surface area contributed by atoms with Gasteiger partial charge in [0.1, 0.15) is 0 Å². The number of benzene rings is 1. The standard InChI is InChI=1S/C14H22N2O/c1-12(13-6-4-3-5-7-13)16-9-8-15-10-14(16)11-17-2/h3-7,12,14-15H,8-11H2,1-2H3. The van der Waals surface area contributed by atoms with E-state index in [2.05, 4.69) is 47.5 Å². The fourth-order valence-electron chi connectivity index (χ4n) is 2.56. The van der Waals surface area contributed by atoms with E-state index in [-0.39, 0.29) is 0 Å². The van der Waals surface area contributed by atoms with Crippen molar-refractivity contribution >= 4 is 0 Å². The Morgan fingerprint density at radius 1 is 1.41 bits per heavy atom. The lowest BCUT2D eigenvalue weighted by Gasteiger charge is -2.40. The zero-order valence-electron chi connectivity index (χ0n) is 10.7. The van der Waals surface area contributed by atoms with Crippen molar-refractivity contribution < 1.29 is 4.74 Å². The minimum Gasteiger partial charge on any atom is -0.383 e. The average molecular weight is 234 g/mol. The van der Waals surface area contributed by atoms with Gasteiger partial charge in [0, 0.05) is 38.8 Å². The third-order valence-corrected chi connectivity index (χ3v) is 3.53. The van der Waals surface area contributed by atoms with Gasteiger partial charge in [-0.2, -0.15) is 0 Å². The summed E-state index contributed by atoms with van der Waals surface area (Å²) in [7, 11) is 1.78. The van der Waals surface area contributed by atoms with Crippen LogP contribution in [0.1, 0.15) is 18.5 Å². The monoisotopic (exact) mass is 234 g/mol. The van der Waals surface area contributed by atoms with Crippen LogP contribution in [0, 0.1) is 0 Å². The van der Waals surface area contributed by atoms with E-state index in [9.17, 15) is 0 Å². The Balaban J connectivity index is 2.08. The minimum atomic E-state index is 0.457. The molecule has 1 N–H and O–H groups in total. The summed E-state index contributed by atoms with van der Waals surface area (Å²) in [5.41, 5.74) is 1.38. The maximum absolute atomic E-state index is 5.32. The number of ether oxygens (including phenoxy) is 1. The SMILES string of the molecule is COCC1CNCCN1C(C)c1ccccc1. The Morgan fingerprint density at radius 2 is 2.18 bits per heavy atom. The Kier molecular flexibility index (Phi) is 4.54. The van der Waals surface area contributed by atoms with E-state index < -0.39 is 0 Å². The molecule has 2 rings (SSSR count). The average Bonchev–Trinajstić information content (AvgIpc) is 2.40. The molecule has 1 aromatic rings. The zero-order chi connectivity index (χ0) is 12.1. The van der Waals surface area contributed by atoms with Crippen molar-refractivity contribution in [1.82, 2.24) is 10.2 Å². The molecule has 1 aliphatic heterocycles. The highest BCUT2D eigenvalue weighted by molar-refractivity contribution is 5.18. The highest BCUT2D eigenvalue weighted by Gasteiger charge is 2.26. The molecule has 0 bridgehead atoms. The lowest BCUT2D eigenvalue weighted by Crippen LogP contribution is -2.53. The Bertz CT molecular complexity index is 326. The number of hydrogen-bond donors (Lipinski definition) is 1. The Morgan fingerprint density at radius 3 is 2.88 bits per heavy atom. The number of methoxy groups -OCH3 is 1. The fraction of sp³-hybridized carbons (Fsp3) is 0.571. The number of piperazine rings is 1. The van der Waals surface area contributed by atoms with E-state index in [0.29, 0.717) is 12.1 Å². The van der Waals surface area contributed by atoms with Crippen molar-refractivity contribution in [2.45, 2.75) is 19.0 Å². The highest BCUT2D eigenvalue weighted by atomic mass is 16.5. The fourth-order valence-corrected chi connectivity index (χ4v) is 2.56. The van der Waals surface area contributed by atoms with Gasteiger partial charge >= 0.3 is 0 Å². The van der Waals surface area contributed by atoms with Crippen LogP contribution >= 0.6 is 0 Å². The summed E-state index contributed by atoms with van der Waals surface area (Å²) in [6.45, 7) is 6.25. The van der Waals surface area contributed by atoms with Crippen molar-refractivity contribution in [3.8, 4) is 0 Å². The predicted octanol–water partition coefficient (Wildman–Crippen LogP) is 1.67. The summed E-state index contributed by atoms with van der Waals surface area (Å²) in [6, 6.07) is 11.6. The molecule has 0 aromatic heterocycles. The molecule has 2 unspecified atom stereocenters. The maximum Gasteiger partial charge on any atom is 0.0630 e. The molecule has 94 valence electrons. The van der Waals surface area contributed by atoms with Crippen molar-refractivity contribution in [2.24, 2.45) is 0 Å². The van der Waals surface area contributed by atoms with E-state index in [1.165, 1.54) is 5.56 Å². The molecule has 0 saturated carbocycles. The van der Waals surface area contributed by atoms with Gasteiger partial charge in [-0.15, -0.1) is 0 Å². The molecule has 0 amide bonds. The Labute approximate surface area is 104 Å². The summed E-state index contributed by atoms with van der Waals surface area (Å²) in [4.78, 5) is 2.54. The topological polar surface area (TPSA) is 24.5 Å². The molecule has 3 nitrogen and oxygen atoms in total. The molecule has 1 heterocycles. The molecule has 17 heavy (non-hydrogen) atoms. The quantitative estimate of drug-likeness (QED) is 0.857. The molecular formula is C14H22N2O. The second kappa shape index (κ2) is 6.15. The summed E-state index contributed by atoms with van der Waals surface area (Å²) >= 11 is 0. The van der Waals surface area contributed by atoms with Crippen molar-refractivity contribution in [3.05, 3.63) is 35.9 Å². The predicted molar refractivity (Wildman–Crippen MR) is 70.1 cm³/mol. The van der Waals surface area contributed by atoms with E-state index in [1.54, 1.807) is 7.11 Å². The van der Waals surface area contributed by atoms with Gasteiger partial charge in [-0.3, -0.25) is 4.90 Å². The van der Waals surface area contributed by atoms with E-state index in [4.69, 9.17) is 4.74 Å². The Hall–Kier alpha value is -0.900. The van der Waals surface area contributed by atoms with Crippen LogP contribution in [0.4, 0.5) is 0 Å². The van der Waals surface area contributed by atoms with Crippen molar-refractivity contribution in [3.63, 3.8) is 0 Å². The normalized spacial score (nSPS) is 23.5. The van der Waals surface area contributed by atoms with Gasteiger partial charge in [-0.05, 0) is 12.5 Å². The van der Waals surface area contributed by atoms with Crippen LogP contribution in [0.2, 0.25) is 0 Å². The van der Waals surface area contributed by atoms with Crippen LogP contribution < -0.4 is 5.32 Å². The van der Waals surface area contributed by atoms with E-state index in [1.807, 2.05) is 0 Å². The molecule has 3 heteroatoms. The van der Waals surface area contributed by atoms with Crippen LogP contribution in [-0.2, 0) is 4.74 Å². The van der Waals surface area contributed by atoms with Crippen LogP contribution in [0.3, 0.4) is 0 Å². The summed E-state index contributed by atoms with van der Waals surface area (Å²) in [5, 5.41) is 3.43. The number of rotatable bonds is 4. The number of hydrogen-bond acceptors (Lipinski definition) is 3. The molecule has 1 aliphatic rings. The van der Waals surface area contributed by atoms with Crippen LogP contribution in [0.25, 0.3) is 0 Å². The van der Waals surface area contributed by atoms with Crippen molar-refractivity contribution in [1.29, 1.82) is 0 Å². The lowest BCUT2D eigenvalue weighted by atomic mass is 10.0. The summed E-state index contributed by atoms with van der Waals surface area (Å²) in [5.74, 6) is 0. The summed E-state index contributed by atoms with van der Waals surface area (Å²) in [6.07, 6.45) is 0. The lowest BCUT2D eigenvalue weighted by molar-refractivity contribution is 0.0486. The highest BCUT2D eigenvalue weighted by Crippen LogP contribution is 2.23. The summed E-state index contributed by atoms with van der Waals surface area (Å²) < 4.78 is 5.32. The largest absolute Gasteiger partial charge is 0.383 e. The smallest absolute Gasteiger partial charge is 0.0630 e. The van der Waals surface area contributed by atoms with Crippen LogP contribution in [-0.4, -0.2) is 44.3 Å². The van der Waals surface area contributed by atoms with Gasteiger partial charge in [0.15, 0.2) is 0 Å². The van der Waals surface area contributed by atoms with Crippen LogP contribution in [0.5, 0.6) is 0 Å². The molecule has 1 aromatic carbocycles. The molecule has 0 spiro atoms. The second-order valence-electron chi connectivity index (χ2n) is 4.64. The molecule has 1 fully saturated rings. The molecule has 0 radical (unpaired) electrons. The van der Waals surface area contributed by atoms with Gasteiger partial charge in [0.05, 0.1) is 6.61 Å². The second-order valence-corrected chi connectivity index (χ2v) is 4.64. The minimum absolute atomic E-state index is 0.457. The van der Waals surface area contributed by atoms with Gasteiger partial charge in [-0.25, -0.2) is 0 Å². The third-order valence-electron chi connectivity index (χ3n) is 3.53. The third kappa shape index (κ3) is 3.06. The number of nitrogens with one attached hydrogen (secondary N) is 1. The van der Waals surface area contributed by atoms with Gasteiger partial charge in [-0.1, -0.05) is 30.3 Å². The van der Waals surface area contributed by atoms with Crippen LogP contribution in [0.15, 0.2) is 30.3 Å². The first-order valence-electron chi connectivity index (χ1n) is 6.33. The molecule has 1 saturated heterocycles. The maximum atomic E-state index is 5.32. The van der Waals surface area contributed by atoms with Gasteiger partial charge in [0.25, 0.3) is 0 Å². The van der Waals surface area contributed by atoms with E-state index in [0.717, 1.165) is 26.2 Å². The molecule has 0 aliphatic carbocycles. The number of nitrogens with zero attached hydrogens (tertiary/aromatic N) is 1. The zero-order valence-corrected chi connectivity index (χ0v) is 10.7. The van der Waals surface area contributed by atoms with E-state index >= 15 is 0 Å². The first-order chi connectivity index (χ1) is 8.33. The van der Waals surface area contributed by atoms with Gasteiger partial charge in [0.2, 0.25) is 0 Å².